The van der Waals surface area contributed by atoms with E-state index >= 15 is 0 Å². The molecule has 0 radical (unpaired) electrons. The first-order chi connectivity index (χ1) is 9.40. The molecule has 20 heavy (non-hydrogen) atoms. The van der Waals surface area contributed by atoms with Crippen molar-refractivity contribution in [1.82, 2.24) is 4.90 Å². The Labute approximate surface area is 117 Å². The fraction of sp³-hybridized carbons (Fsp3) is 0.462. The van der Waals surface area contributed by atoms with Crippen LogP contribution in [0.15, 0.2) is 24.3 Å². The molecule has 1 aromatic carbocycles. The molecule has 0 N–H and O–H groups in total. The molecule has 7 heteroatoms. The van der Waals surface area contributed by atoms with Crippen LogP contribution >= 0.6 is 0 Å². The van der Waals surface area contributed by atoms with Gasteiger partial charge in [0.05, 0.1) is 7.11 Å². The van der Waals surface area contributed by atoms with Crippen LogP contribution in [0.25, 0.3) is 0 Å². The van der Waals surface area contributed by atoms with Crippen molar-refractivity contribution in [1.29, 1.82) is 0 Å². The number of amides is 1. The lowest BCUT2D eigenvalue weighted by Gasteiger charge is -2.15. The molecule has 0 spiro atoms. The number of likely N-dealkylation sites (tertiary alicyclic amines) is 1. The highest BCUT2D eigenvalue weighted by atomic mass is 32.3. The molecular weight excluding hydrogens is 285 g/mol. The van der Waals surface area contributed by atoms with Gasteiger partial charge in [0.25, 0.3) is 0 Å². The van der Waals surface area contributed by atoms with E-state index in [0.29, 0.717) is 13.0 Å². The lowest BCUT2D eigenvalue weighted by atomic mass is 10.1. The van der Waals surface area contributed by atoms with Gasteiger partial charge in [-0.1, -0.05) is 12.1 Å². The molecule has 1 unspecified atom stereocenters. The second-order valence-corrected chi connectivity index (χ2v) is 6.36. The summed E-state index contributed by atoms with van der Waals surface area (Å²) in [5.74, 6) is 0.430. The molecule has 1 amide bonds. The molecule has 5 nitrogen and oxygen atoms in total. The Balaban J connectivity index is 1.92. The van der Waals surface area contributed by atoms with E-state index in [2.05, 4.69) is 0 Å². The molecule has 1 aliphatic rings. The summed E-state index contributed by atoms with van der Waals surface area (Å²) < 4.78 is 39.5. The molecule has 1 aliphatic heterocycles. The van der Waals surface area contributed by atoms with Crippen LogP contribution in [0.4, 0.5) is 3.89 Å². The van der Waals surface area contributed by atoms with Crippen molar-refractivity contribution < 1.29 is 21.8 Å². The van der Waals surface area contributed by atoms with Crippen molar-refractivity contribution in [2.45, 2.75) is 18.1 Å². The second-order valence-electron chi connectivity index (χ2n) is 4.74. The van der Waals surface area contributed by atoms with Gasteiger partial charge in [-0.3, -0.25) is 4.79 Å². The predicted molar refractivity (Wildman–Crippen MR) is 71.7 cm³/mol. The first-order valence-corrected chi connectivity index (χ1v) is 7.69. The fourth-order valence-corrected chi connectivity index (χ4v) is 2.90. The molecule has 0 aliphatic carbocycles. The topological polar surface area (TPSA) is 63.7 Å². The van der Waals surface area contributed by atoms with E-state index in [1.54, 1.807) is 7.11 Å². The highest BCUT2D eigenvalue weighted by molar-refractivity contribution is 7.87. The largest absolute Gasteiger partial charge is 0.497 e. The monoisotopic (exact) mass is 301 g/mol. The normalized spacial score (nSPS) is 19.4. The van der Waals surface area contributed by atoms with Crippen LogP contribution < -0.4 is 4.74 Å². The highest BCUT2D eigenvalue weighted by Gasteiger charge is 2.37. The van der Waals surface area contributed by atoms with Crippen molar-refractivity contribution in [3.63, 3.8) is 0 Å². The van der Waals surface area contributed by atoms with Gasteiger partial charge in [0.2, 0.25) is 5.91 Å². The number of carbonyl (C=O) groups is 1. The van der Waals surface area contributed by atoms with Crippen molar-refractivity contribution in [2.75, 3.05) is 20.2 Å². The Morgan fingerprint density at radius 2 is 2.00 bits per heavy atom. The van der Waals surface area contributed by atoms with Gasteiger partial charge in [0.15, 0.2) is 0 Å². The van der Waals surface area contributed by atoms with E-state index in [9.17, 15) is 17.1 Å². The molecule has 1 fully saturated rings. The van der Waals surface area contributed by atoms with Gasteiger partial charge < -0.3 is 9.64 Å². The van der Waals surface area contributed by atoms with Gasteiger partial charge in [-0.2, -0.15) is 8.42 Å². The summed E-state index contributed by atoms with van der Waals surface area (Å²) in [5, 5.41) is -1.22. The predicted octanol–water partition coefficient (Wildman–Crippen LogP) is 1.14. The average molecular weight is 301 g/mol. The zero-order valence-corrected chi connectivity index (χ0v) is 11.9. The molecule has 1 aromatic rings. The van der Waals surface area contributed by atoms with E-state index in [1.165, 1.54) is 4.90 Å². The molecule has 1 heterocycles. The molecule has 0 bridgehead atoms. The van der Waals surface area contributed by atoms with Crippen LogP contribution in [0.2, 0.25) is 0 Å². The van der Waals surface area contributed by atoms with E-state index in [-0.39, 0.29) is 18.9 Å². The van der Waals surface area contributed by atoms with E-state index < -0.39 is 15.5 Å². The van der Waals surface area contributed by atoms with E-state index in [1.807, 2.05) is 24.3 Å². The Bertz CT molecular complexity index is 585. The van der Waals surface area contributed by atoms with Crippen LogP contribution in [-0.2, 0) is 21.4 Å². The summed E-state index contributed by atoms with van der Waals surface area (Å²) in [4.78, 5) is 13.0. The first kappa shape index (κ1) is 14.8. The van der Waals surface area contributed by atoms with Crippen LogP contribution in [0.1, 0.15) is 12.0 Å². The molecule has 1 saturated heterocycles. The van der Waals surface area contributed by atoms with Crippen molar-refractivity contribution in [2.24, 2.45) is 0 Å². The second kappa shape index (κ2) is 5.78. The first-order valence-electron chi connectivity index (χ1n) is 6.24. The molecule has 110 valence electrons. The maximum atomic E-state index is 12.9. The summed E-state index contributed by atoms with van der Waals surface area (Å²) in [7, 11) is -3.06. The van der Waals surface area contributed by atoms with Gasteiger partial charge >= 0.3 is 10.2 Å². The molecule has 0 aromatic heterocycles. The Hall–Kier alpha value is -1.63. The van der Waals surface area contributed by atoms with E-state index in [4.69, 9.17) is 4.74 Å². The average Bonchev–Trinajstić information content (AvgIpc) is 2.78. The minimum Gasteiger partial charge on any atom is -0.497 e. The zero-order valence-electron chi connectivity index (χ0n) is 11.1. The van der Waals surface area contributed by atoms with Gasteiger partial charge in [0.1, 0.15) is 11.0 Å². The number of hydrogen-bond acceptors (Lipinski definition) is 4. The van der Waals surface area contributed by atoms with Crippen molar-refractivity contribution >= 4 is 16.1 Å². The van der Waals surface area contributed by atoms with E-state index in [0.717, 1.165) is 11.3 Å². The SMILES string of the molecule is COc1ccc(CCN2CC(S(=O)(=O)F)CC2=O)cc1. The summed E-state index contributed by atoms with van der Waals surface area (Å²) in [6, 6.07) is 7.39. The minimum absolute atomic E-state index is 0.0617. The lowest BCUT2D eigenvalue weighted by molar-refractivity contribution is -0.127. The molecular formula is C13H16FNO4S. The zero-order chi connectivity index (χ0) is 14.8. The van der Waals surface area contributed by atoms with Gasteiger partial charge in [-0.25, -0.2) is 0 Å². The lowest BCUT2D eigenvalue weighted by Crippen LogP contribution is -2.29. The number of benzene rings is 1. The molecule has 0 saturated carbocycles. The third-order valence-corrected chi connectivity index (χ3v) is 4.52. The third kappa shape index (κ3) is 3.47. The van der Waals surface area contributed by atoms with Crippen LogP contribution in [0.5, 0.6) is 5.75 Å². The number of nitrogens with zero attached hydrogens (tertiary/aromatic N) is 1. The maximum Gasteiger partial charge on any atom is 0.307 e. The number of ether oxygens (including phenoxy) is 1. The summed E-state index contributed by atoms with van der Waals surface area (Å²) in [6.45, 7) is 0.324. The highest BCUT2D eigenvalue weighted by Crippen LogP contribution is 2.20. The van der Waals surface area contributed by atoms with Gasteiger partial charge in [0, 0.05) is 19.5 Å². The van der Waals surface area contributed by atoms with Crippen molar-refractivity contribution in [3.05, 3.63) is 29.8 Å². The van der Waals surface area contributed by atoms with Crippen LogP contribution in [0.3, 0.4) is 0 Å². The quantitative estimate of drug-likeness (QED) is 0.765. The maximum absolute atomic E-state index is 12.9. The number of halogens is 1. The number of hydrogen-bond donors (Lipinski definition) is 0. The Morgan fingerprint density at radius 3 is 2.50 bits per heavy atom. The number of carbonyl (C=O) groups excluding carboxylic acids is 1. The Kier molecular flexibility index (Phi) is 4.27. The minimum atomic E-state index is -4.64. The molecule has 1 atom stereocenters. The smallest absolute Gasteiger partial charge is 0.307 e. The van der Waals surface area contributed by atoms with Crippen LogP contribution in [-0.4, -0.2) is 44.7 Å². The summed E-state index contributed by atoms with van der Waals surface area (Å²) >= 11 is 0. The summed E-state index contributed by atoms with van der Waals surface area (Å²) in [5.41, 5.74) is 1.00. The van der Waals surface area contributed by atoms with Crippen molar-refractivity contribution in [3.8, 4) is 5.75 Å². The van der Waals surface area contributed by atoms with Gasteiger partial charge in [-0.15, -0.1) is 3.89 Å². The van der Waals surface area contributed by atoms with Gasteiger partial charge in [-0.05, 0) is 24.1 Å². The fourth-order valence-electron chi connectivity index (χ4n) is 2.20. The Morgan fingerprint density at radius 1 is 1.35 bits per heavy atom. The molecule has 2 rings (SSSR count). The number of rotatable bonds is 5. The number of methoxy groups -OCH3 is 1. The standard InChI is InChI=1S/C13H16FNO4S/c1-19-11-4-2-10(3-5-11)6-7-15-9-12(8-13(15)16)20(14,17)18/h2-5,12H,6-9H2,1H3. The van der Waals surface area contributed by atoms with Crippen LogP contribution in [0, 0.1) is 0 Å². The summed E-state index contributed by atoms with van der Waals surface area (Å²) in [6.07, 6.45) is 0.330. The third-order valence-electron chi connectivity index (χ3n) is 3.41.